The molecule has 0 aromatic rings. The molecule has 7 heteroatoms. The Labute approximate surface area is 118 Å². The smallest absolute Gasteiger partial charge is 0.324 e. The Kier molecular flexibility index (Phi) is 4.27. The molecule has 0 spiro atoms. The van der Waals surface area contributed by atoms with Crippen molar-refractivity contribution in [2.75, 3.05) is 40.3 Å². The van der Waals surface area contributed by atoms with E-state index in [4.69, 9.17) is 0 Å². The van der Waals surface area contributed by atoms with Gasteiger partial charge in [0, 0.05) is 32.1 Å². The number of imide groups is 1. The number of carbonyl (C=O) groups excluding carboxylic acids is 3. The van der Waals surface area contributed by atoms with Crippen LogP contribution in [0.4, 0.5) is 4.79 Å². The van der Waals surface area contributed by atoms with E-state index in [9.17, 15) is 14.4 Å². The van der Waals surface area contributed by atoms with Crippen LogP contribution in [0.1, 0.15) is 13.3 Å². The number of carbonyl (C=O) groups is 3. The fraction of sp³-hybridized carbons (Fsp3) is 0.769. The zero-order valence-electron chi connectivity index (χ0n) is 12.3. The number of hydrogen-bond donors (Lipinski definition) is 1. The van der Waals surface area contributed by atoms with Crippen LogP contribution in [0.2, 0.25) is 0 Å². The molecular formula is C13H22N4O3. The quantitative estimate of drug-likeness (QED) is 0.745. The van der Waals surface area contributed by atoms with E-state index in [2.05, 4.69) is 17.1 Å². The standard InChI is InChI=1S/C13H22N4O3/c1-9-6-17(7-10(9)15(2)3)12(19)8-16-5-4-11(18)14-13(16)20/h9-10H,4-8H2,1-3H3,(H,14,18,20)/t9-,10-/m0/s1. The van der Waals surface area contributed by atoms with Gasteiger partial charge in [0.1, 0.15) is 6.54 Å². The minimum absolute atomic E-state index is 0.0476. The van der Waals surface area contributed by atoms with Crippen LogP contribution < -0.4 is 5.32 Å². The largest absolute Gasteiger partial charge is 0.339 e. The third kappa shape index (κ3) is 3.09. The van der Waals surface area contributed by atoms with Gasteiger partial charge in [-0.25, -0.2) is 4.79 Å². The molecule has 0 aliphatic carbocycles. The van der Waals surface area contributed by atoms with E-state index in [1.54, 1.807) is 4.90 Å². The molecular weight excluding hydrogens is 260 g/mol. The van der Waals surface area contributed by atoms with Gasteiger partial charge >= 0.3 is 6.03 Å². The molecule has 0 bridgehead atoms. The number of rotatable bonds is 3. The predicted molar refractivity (Wildman–Crippen MR) is 72.9 cm³/mol. The normalized spacial score (nSPS) is 27.2. The van der Waals surface area contributed by atoms with Crippen LogP contribution >= 0.6 is 0 Å². The summed E-state index contributed by atoms with van der Waals surface area (Å²) >= 11 is 0. The third-order valence-electron chi connectivity index (χ3n) is 4.06. The minimum atomic E-state index is -0.467. The number of likely N-dealkylation sites (N-methyl/N-ethyl adjacent to an activating group) is 1. The third-order valence-corrected chi connectivity index (χ3v) is 4.06. The first-order valence-electron chi connectivity index (χ1n) is 6.91. The van der Waals surface area contributed by atoms with Crippen LogP contribution in [0, 0.1) is 5.92 Å². The van der Waals surface area contributed by atoms with Crippen molar-refractivity contribution in [3.8, 4) is 0 Å². The number of hydrogen-bond acceptors (Lipinski definition) is 4. The van der Waals surface area contributed by atoms with E-state index < -0.39 is 6.03 Å². The van der Waals surface area contributed by atoms with Crippen LogP contribution in [0.3, 0.4) is 0 Å². The van der Waals surface area contributed by atoms with Crippen LogP contribution in [0.25, 0.3) is 0 Å². The average Bonchev–Trinajstić information content (AvgIpc) is 2.75. The Balaban J connectivity index is 1.90. The maximum absolute atomic E-state index is 12.3. The van der Waals surface area contributed by atoms with Gasteiger partial charge in [-0.3, -0.25) is 14.9 Å². The molecule has 2 rings (SSSR count). The molecule has 2 aliphatic rings. The maximum atomic E-state index is 12.3. The molecule has 0 unspecified atom stereocenters. The van der Waals surface area contributed by atoms with Crippen molar-refractivity contribution in [1.29, 1.82) is 0 Å². The molecule has 2 saturated heterocycles. The lowest BCUT2D eigenvalue weighted by Crippen LogP contribution is -2.52. The second kappa shape index (κ2) is 5.78. The summed E-state index contributed by atoms with van der Waals surface area (Å²) in [5, 5.41) is 2.23. The SMILES string of the molecule is C[C@H]1CN(C(=O)CN2CCC(=O)NC2=O)C[C@@H]1N(C)C. The maximum Gasteiger partial charge on any atom is 0.324 e. The molecule has 20 heavy (non-hydrogen) atoms. The summed E-state index contributed by atoms with van der Waals surface area (Å²) in [4.78, 5) is 40.3. The van der Waals surface area contributed by atoms with Crippen LogP contribution in [0.15, 0.2) is 0 Å². The fourth-order valence-electron chi connectivity index (χ4n) is 2.84. The van der Waals surface area contributed by atoms with Crippen molar-refractivity contribution < 1.29 is 14.4 Å². The van der Waals surface area contributed by atoms with Crippen LogP contribution in [-0.2, 0) is 9.59 Å². The molecule has 112 valence electrons. The molecule has 4 amide bonds. The van der Waals surface area contributed by atoms with Gasteiger partial charge in [0.2, 0.25) is 11.8 Å². The van der Waals surface area contributed by atoms with E-state index >= 15 is 0 Å². The zero-order chi connectivity index (χ0) is 14.9. The predicted octanol–water partition coefficient (Wildman–Crippen LogP) is -0.663. The van der Waals surface area contributed by atoms with Gasteiger partial charge in [0.05, 0.1) is 0 Å². The summed E-state index contributed by atoms with van der Waals surface area (Å²) in [5.74, 6) is 0.0950. The van der Waals surface area contributed by atoms with E-state index in [1.807, 2.05) is 14.1 Å². The lowest BCUT2D eigenvalue weighted by molar-refractivity contribution is -0.132. The highest BCUT2D eigenvalue weighted by atomic mass is 16.2. The Morgan fingerprint density at radius 3 is 2.60 bits per heavy atom. The molecule has 0 aromatic carbocycles. The highest BCUT2D eigenvalue weighted by molar-refractivity contribution is 5.98. The van der Waals surface area contributed by atoms with Crippen LogP contribution in [0.5, 0.6) is 0 Å². The summed E-state index contributed by atoms with van der Waals surface area (Å²) in [6, 6.07) is -0.110. The molecule has 0 saturated carbocycles. The molecule has 7 nitrogen and oxygen atoms in total. The topological polar surface area (TPSA) is 73.0 Å². The lowest BCUT2D eigenvalue weighted by atomic mass is 10.1. The molecule has 0 radical (unpaired) electrons. The Hall–Kier alpha value is -1.63. The van der Waals surface area contributed by atoms with E-state index in [0.29, 0.717) is 25.0 Å². The van der Waals surface area contributed by atoms with Gasteiger partial charge in [-0.15, -0.1) is 0 Å². The van der Waals surface area contributed by atoms with Crippen molar-refractivity contribution >= 4 is 17.8 Å². The van der Waals surface area contributed by atoms with Crippen molar-refractivity contribution in [3.63, 3.8) is 0 Å². The van der Waals surface area contributed by atoms with Crippen LogP contribution in [-0.4, -0.2) is 78.9 Å². The van der Waals surface area contributed by atoms with Crippen molar-refractivity contribution in [1.82, 2.24) is 20.0 Å². The fourth-order valence-corrected chi connectivity index (χ4v) is 2.84. The first-order chi connectivity index (χ1) is 9.38. The van der Waals surface area contributed by atoms with Gasteiger partial charge in [0.15, 0.2) is 0 Å². The van der Waals surface area contributed by atoms with Crippen molar-refractivity contribution in [3.05, 3.63) is 0 Å². The lowest BCUT2D eigenvalue weighted by Gasteiger charge is -2.28. The first kappa shape index (κ1) is 14.8. The summed E-state index contributed by atoms with van der Waals surface area (Å²) in [7, 11) is 4.03. The Morgan fingerprint density at radius 2 is 2.05 bits per heavy atom. The van der Waals surface area contributed by atoms with Gasteiger partial charge < -0.3 is 14.7 Å². The van der Waals surface area contributed by atoms with Gasteiger partial charge in [-0.1, -0.05) is 6.92 Å². The van der Waals surface area contributed by atoms with Crippen molar-refractivity contribution in [2.24, 2.45) is 5.92 Å². The minimum Gasteiger partial charge on any atom is -0.339 e. The second-order valence-electron chi connectivity index (χ2n) is 5.83. The zero-order valence-corrected chi connectivity index (χ0v) is 12.3. The molecule has 2 atom stereocenters. The highest BCUT2D eigenvalue weighted by Gasteiger charge is 2.35. The number of amides is 4. The first-order valence-corrected chi connectivity index (χ1v) is 6.91. The molecule has 1 N–H and O–H groups in total. The second-order valence-corrected chi connectivity index (χ2v) is 5.83. The van der Waals surface area contributed by atoms with E-state index in [1.165, 1.54) is 4.90 Å². The van der Waals surface area contributed by atoms with Gasteiger partial charge in [-0.2, -0.15) is 0 Å². The number of nitrogens with zero attached hydrogens (tertiary/aromatic N) is 3. The molecule has 2 fully saturated rings. The summed E-state index contributed by atoms with van der Waals surface area (Å²) in [6.07, 6.45) is 0.260. The Morgan fingerprint density at radius 1 is 1.35 bits per heavy atom. The summed E-state index contributed by atoms with van der Waals surface area (Å²) < 4.78 is 0. The van der Waals surface area contributed by atoms with E-state index in [-0.39, 0.29) is 24.8 Å². The molecule has 0 aromatic heterocycles. The number of nitrogens with one attached hydrogen (secondary N) is 1. The average molecular weight is 282 g/mol. The number of likely N-dealkylation sites (tertiary alicyclic amines) is 1. The summed E-state index contributed by atoms with van der Waals surface area (Å²) in [6.45, 7) is 3.91. The van der Waals surface area contributed by atoms with Gasteiger partial charge in [-0.05, 0) is 20.0 Å². The van der Waals surface area contributed by atoms with Crippen molar-refractivity contribution in [2.45, 2.75) is 19.4 Å². The molecule has 2 heterocycles. The van der Waals surface area contributed by atoms with E-state index in [0.717, 1.165) is 6.54 Å². The highest BCUT2D eigenvalue weighted by Crippen LogP contribution is 2.20. The Bertz CT molecular complexity index is 424. The van der Waals surface area contributed by atoms with Gasteiger partial charge in [0.25, 0.3) is 0 Å². The number of urea groups is 1. The monoisotopic (exact) mass is 282 g/mol. The molecule has 2 aliphatic heterocycles. The summed E-state index contributed by atoms with van der Waals surface area (Å²) in [5.41, 5.74) is 0.